The van der Waals surface area contributed by atoms with Crippen molar-refractivity contribution in [3.8, 4) is 0 Å². The largest absolute Gasteiger partial charge is 0.475 e. The van der Waals surface area contributed by atoms with E-state index in [0.29, 0.717) is 24.3 Å². The maximum Gasteiger partial charge on any atom is 0.371 e. The number of carbonyl (C=O) groups is 1. The summed E-state index contributed by atoms with van der Waals surface area (Å²) in [6, 6.07) is 2.02. The Balaban J connectivity index is 2.60. The topological polar surface area (TPSA) is 62.5 Å². The average molecular weight is 253 g/mol. The summed E-state index contributed by atoms with van der Waals surface area (Å²) in [6.45, 7) is 9.01. The molecule has 0 bridgehead atoms. The van der Waals surface area contributed by atoms with Gasteiger partial charge in [0.1, 0.15) is 5.76 Å². The lowest BCUT2D eigenvalue weighted by Crippen LogP contribution is -2.32. The molecule has 0 aliphatic carbocycles. The number of hydrogen-bond donors (Lipinski definition) is 2. The van der Waals surface area contributed by atoms with Gasteiger partial charge >= 0.3 is 5.97 Å². The van der Waals surface area contributed by atoms with E-state index in [1.807, 2.05) is 0 Å². The van der Waals surface area contributed by atoms with Crippen LogP contribution in [-0.4, -0.2) is 17.1 Å². The first-order valence-electron chi connectivity index (χ1n) is 6.55. The van der Waals surface area contributed by atoms with E-state index >= 15 is 0 Å². The number of nitrogens with one attached hydrogen (secondary N) is 1. The summed E-state index contributed by atoms with van der Waals surface area (Å²) in [5, 5.41) is 12.3. The van der Waals surface area contributed by atoms with E-state index in [1.54, 1.807) is 13.0 Å². The lowest BCUT2D eigenvalue weighted by atomic mass is 9.95. The summed E-state index contributed by atoms with van der Waals surface area (Å²) in [5.74, 6) is 0.324. The highest BCUT2D eigenvalue weighted by atomic mass is 16.4. The fraction of sp³-hybridized carbons (Fsp3) is 0.643. The highest BCUT2D eigenvalue weighted by Crippen LogP contribution is 2.17. The van der Waals surface area contributed by atoms with Crippen LogP contribution >= 0.6 is 0 Å². The second kappa shape index (κ2) is 6.59. The third-order valence-corrected chi connectivity index (χ3v) is 3.60. The van der Waals surface area contributed by atoms with Gasteiger partial charge in [-0.25, -0.2) is 4.79 Å². The number of carboxylic acids is 1. The Morgan fingerprint density at radius 3 is 2.50 bits per heavy atom. The molecule has 0 spiro atoms. The molecular formula is C14H23NO3. The van der Waals surface area contributed by atoms with E-state index in [-0.39, 0.29) is 5.76 Å². The Hall–Kier alpha value is -1.29. The Bertz CT molecular complexity index is 394. The first-order valence-corrected chi connectivity index (χ1v) is 6.55. The van der Waals surface area contributed by atoms with Gasteiger partial charge in [-0.15, -0.1) is 0 Å². The van der Waals surface area contributed by atoms with Crippen molar-refractivity contribution in [1.29, 1.82) is 0 Å². The molecule has 0 saturated carbocycles. The second-order valence-corrected chi connectivity index (χ2v) is 4.74. The van der Waals surface area contributed by atoms with Crippen LogP contribution in [0.3, 0.4) is 0 Å². The van der Waals surface area contributed by atoms with Crippen molar-refractivity contribution in [1.82, 2.24) is 5.32 Å². The predicted molar refractivity (Wildman–Crippen MR) is 70.8 cm³/mol. The molecule has 1 heterocycles. The second-order valence-electron chi connectivity index (χ2n) is 4.74. The Morgan fingerprint density at radius 2 is 2.06 bits per heavy atom. The average Bonchev–Trinajstić information content (AvgIpc) is 2.70. The molecule has 0 amide bonds. The molecule has 0 saturated heterocycles. The zero-order valence-corrected chi connectivity index (χ0v) is 11.6. The van der Waals surface area contributed by atoms with Crippen LogP contribution in [0, 0.1) is 12.8 Å². The number of carboxylic acid groups (broad SMARTS) is 1. The van der Waals surface area contributed by atoms with E-state index in [9.17, 15) is 4.79 Å². The van der Waals surface area contributed by atoms with Gasteiger partial charge in [0.15, 0.2) is 0 Å². The molecule has 0 aromatic carbocycles. The molecule has 102 valence electrons. The van der Waals surface area contributed by atoms with Gasteiger partial charge in [-0.3, -0.25) is 0 Å². The van der Waals surface area contributed by atoms with Gasteiger partial charge in [-0.05, 0) is 25.8 Å². The molecule has 1 aromatic rings. The van der Waals surface area contributed by atoms with Crippen LogP contribution in [0.25, 0.3) is 0 Å². The quantitative estimate of drug-likeness (QED) is 0.783. The summed E-state index contributed by atoms with van der Waals surface area (Å²) < 4.78 is 5.18. The molecule has 4 nitrogen and oxygen atoms in total. The molecule has 1 aromatic heterocycles. The molecule has 1 unspecified atom stereocenters. The molecule has 0 aliphatic heterocycles. The number of rotatable bonds is 7. The maximum absolute atomic E-state index is 10.8. The number of furan rings is 1. The third kappa shape index (κ3) is 3.60. The van der Waals surface area contributed by atoms with Crippen LogP contribution in [-0.2, 0) is 6.54 Å². The summed E-state index contributed by atoms with van der Waals surface area (Å²) in [5.41, 5.74) is 0.921. The Labute approximate surface area is 108 Å². The minimum atomic E-state index is -1.02. The molecule has 0 fully saturated rings. The summed E-state index contributed by atoms with van der Waals surface area (Å²) in [4.78, 5) is 10.8. The van der Waals surface area contributed by atoms with Gasteiger partial charge in [-0.2, -0.15) is 0 Å². The van der Waals surface area contributed by atoms with E-state index < -0.39 is 5.97 Å². The van der Waals surface area contributed by atoms with Gasteiger partial charge in [0.25, 0.3) is 0 Å². The number of aromatic carboxylic acids is 1. The van der Waals surface area contributed by atoms with Crippen molar-refractivity contribution < 1.29 is 14.3 Å². The zero-order chi connectivity index (χ0) is 13.7. The molecular weight excluding hydrogens is 230 g/mol. The standard InChI is InChI=1S/C14H23NO3/c1-5-11(6-2)9(3)15-8-12-7-13(14(16)17)18-10(12)4/h7,9,11,15H,5-6,8H2,1-4H3,(H,16,17). The van der Waals surface area contributed by atoms with Crippen molar-refractivity contribution in [2.24, 2.45) is 5.92 Å². The molecule has 2 N–H and O–H groups in total. The van der Waals surface area contributed by atoms with Crippen LogP contribution in [0.15, 0.2) is 10.5 Å². The lowest BCUT2D eigenvalue weighted by molar-refractivity contribution is 0.0661. The van der Waals surface area contributed by atoms with Crippen molar-refractivity contribution in [2.45, 2.75) is 53.1 Å². The highest BCUT2D eigenvalue weighted by Gasteiger charge is 2.16. The van der Waals surface area contributed by atoms with Crippen molar-refractivity contribution in [3.63, 3.8) is 0 Å². The molecule has 1 rings (SSSR count). The first-order chi connectivity index (χ1) is 8.49. The van der Waals surface area contributed by atoms with Crippen LogP contribution in [0.4, 0.5) is 0 Å². The monoisotopic (exact) mass is 253 g/mol. The Morgan fingerprint density at radius 1 is 1.44 bits per heavy atom. The Kier molecular flexibility index (Phi) is 5.41. The van der Waals surface area contributed by atoms with Gasteiger partial charge in [-0.1, -0.05) is 26.7 Å². The minimum Gasteiger partial charge on any atom is -0.475 e. The zero-order valence-electron chi connectivity index (χ0n) is 11.6. The lowest BCUT2D eigenvalue weighted by Gasteiger charge is -2.22. The normalized spacial score (nSPS) is 12.9. The summed E-state index contributed by atoms with van der Waals surface area (Å²) in [6.07, 6.45) is 2.30. The summed E-state index contributed by atoms with van der Waals surface area (Å²) >= 11 is 0. The van der Waals surface area contributed by atoms with Gasteiger partial charge in [0, 0.05) is 18.2 Å². The van der Waals surface area contributed by atoms with Crippen LogP contribution in [0.2, 0.25) is 0 Å². The van der Waals surface area contributed by atoms with Crippen LogP contribution in [0.5, 0.6) is 0 Å². The SMILES string of the molecule is CCC(CC)C(C)NCc1cc(C(=O)O)oc1C. The van der Waals surface area contributed by atoms with Crippen molar-refractivity contribution >= 4 is 5.97 Å². The summed E-state index contributed by atoms with van der Waals surface area (Å²) in [7, 11) is 0. The van der Waals surface area contributed by atoms with Crippen LogP contribution < -0.4 is 5.32 Å². The predicted octanol–water partition coefficient (Wildman–Crippen LogP) is 3.20. The number of aryl methyl sites for hydroxylation is 1. The molecule has 4 heteroatoms. The number of hydrogen-bond acceptors (Lipinski definition) is 3. The van der Waals surface area contributed by atoms with Gasteiger partial charge < -0.3 is 14.8 Å². The maximum atomic E-state index is 10.8. The van der Waals surface area contributed by atoms with Crippen LogP contribution in [0.1, 0.15) is 55.5 Å². The van der Waals surface area contributed by atoms with Crippen molar-refractivity contribution in [2.75, 3.05) is 0 Å². The highest BCUT2D eigenvalue weighted by molar-refractivity contribution is 5.84. The smallest absolute Gasteiger partial charge is 0.371 e. The molecule has 0 aliphatic rings. The van der Waals surface area contributed by atoms with E-state index in [2.05, 4.69) is 26.1 Å². The molecule has 1 atom stereocenters. The molecule has 18 heavy (non-hydrogen) atoms. The third-order valence-electron chi connectivity index (χ3n) is 3.60. The van der Waals surface area contributed by atoms with E-state index in [1.165, 1.54) is 0 Å². The molecule has 0 radical (unpaired) electrons. The van der Waals surface area contributed by atoms with Gasteiger partial charge in [0.2, 0.25) is 5.76 Å². The van der Waals surface area contributed by atoms with Crippen molar-refractivity contribution in [3.05, 3.63) is 23.2 Å². The fourth-order valence-electron chi connectivity index (χ4n) is 2.23. The fourth-order valence-corrected chi connectivity index (χ4v) is 2.23. The van der Waals surface area contributed by atoms with E-state index in [4.69, 9.17) is 9.52 Å². The minimum absolute atomic E-state index is 0.0134. The van der Waals surface area contributed by atoms with Gasteiger partial charge in [0.05, 0.1) is 0 Å². The van der Waals surface area contributed by atoms with E-state index in [0.717, 1.165) is 18.4 Å². The first kappa shape index (κ1) is 14.8.